The van der Waals surface area contributed by atoms with Crippen molar-refractivity contribution in [2.75, 3.05) is 19.8 Å². The summed E-state index contributed by atoms with van der Waals surface area (Å²) in [6, 6.07) is 9.48. The standard InChI is InChI=1S/C19H22ClNO3S/c1-4-22-17-11-14(19(21)25)10-16(20)18(17)24-6-5-23-15-8-12(2)7-13(3)9-15/h7-11H,4-6H2,1-3H3,(H2,21,25). The maximum absolute atomic E-state index is 6.29. The number of aryl methyl sites for hydroxylation is 2. The molecule has 2 N–H and O–H groups in total. The van der Waals surface area contributed by atoms with Crippen LogP contribution in [0.2, 0.25) is 5.02 Å². The molecule has 0 aliphatic rings. The van der Waals surface area contributed by atoms with Crippen molar-refractivity contribution in [3.63, 3.8) is 0 Å². The molecule has 0 saturated carbocycles. The fraction of sp³-hybridized carbons (Fsp3) is 0.316. The third-order valence-electron chi connectivity index (χ3n) is 3.39. The van der Waals surface area contributed by atoms with Gasteiger partial charge in [-0.1, -0.05) is 29.9 Å². The van der Waals surface area contributed by atoms with Gasteiger partial charge in [-0.25, -0.2) is 0 Å². The highest BCUT2D eigenvalue weighted by Crippen LogP contribution is 2.36. The zero-order chi connectivity index (χ0) is 18.4. The summed E-state index contributed by atoms with van der Waals surface area (Å²) in [7, 11) is 0. The molecule has 4 nitrogen and oxygen atoms in total. The quantitative estimate of drug-likeness (QED) is 0.542. The Morgan fingerprint density at radius 2 is 1.64 bits per heavy atom. The summed E-state index contributed by atoms with van der Waals surface area (Å²) in [6.07, 6.45) is 0. The molecule has 0 bridgehead atoms. The van der Waals surface area contributed by atoms with E-state index in [0.29, 0.717) is 41.9 Å². The number of hydrogen-bond donors (Lipinski definition) is 1. The summed E-state index contributed by atoms with van der Waals surface area (Å²) in [5.74, 6) is 1.80. The molecule has 2 rings (SSSR count). The first kappa shape index (κ1) is 19.3. The van der Waals surface area contributed by atoms with E-state index >= 15 is 0 Å². The van der Waals surface area contributed by atoms with E-state index in [9.17, 15) is 0 Å². The van der Waals surface area contributed by atoms with Crippen molar-refractivity contribution in [1.82, 2.24) is 0 Å². The summed E-state index contributed by atoms with van der Waals surface area (Å²) in [6.45, 7) is 7.16. The van der Waals surface area contributed by atoms with E-state index in [0.717, 1.165) is 16.9 Å². The first-order valence-electron chi connectivity index (χ1n) is 8.00. The van der Waals surface area contributed by atoms with E-state index in [-0.39, 0.29) is 4.99 Å². The second kappa shape index (κ2) is 8.92. The molecule has 134 valence electrons. The van der Waals surface area contributed by atoms with Gasteiger partial charge in [0.25, 0.3) is 0 Å². The van der Waals surface area contributed by atoms with Crippen LogP contribution in [0.5, 0.6) is 17.2 Å². The van der Waals surface area contributed by atoms with Crippen molar-refractivity contribution in [2.45, 2.75) is 20.8 Å². The molecule has 0 amide bonds. The van der Waals surface area contributed by atoms with Crippen LogP contribution in [0.15, 0.2) is 30.3 Å². The third-order valence-corrected chi connectivity index (χ3v) is 3.90. The minimum absolute atomic E-state index is 0.257. The van der Waals surface area contributed by atoms with Gasteiger partial charge >= 0.3 is 0 Å². The Bertz CT molecular complexity index is 744. The van der Waals surface area contributed by atoms with E-state index in [1.807, 2.05) is 32.9 Å². The molecule has 2 aromatic rings. The number of thiocarbonyl (C=S) groups is 1. The lowest BCUT2D eigenvalue weighted by Crippen LogP contribution is -2.12. The van der Waals surface area contributed by atoms with E-state index in [2.05, 4.69) is 6.07 Å². The van der Waals surface area contributed by atoms with Gasteiger partial charge in [-0.15, -0.1) is 0 Å². The molecule has 0 saturated heterocycles. The van der Waals surface area contributed by atoms with Crippen LogP contribution in [0.1, 0.15) is 23.6 Å². The van der Waals surface area contributed by atoms with Crippen molar-refractivity contribution in [3.05, 3.63) is 52.0 Å². The van der Waals surface area contributed by atoms with E-state index < -0.39 is 0 Å². The number of halogens is 1. The minimum Gasteiger partial charge on any atom is -0.490 e. The fourth-order valence-corrected chi connectivity index (χ4v) is 2.82. The van der Waals surface area contributed by atoms with Gasteiger partial charge in [0.05, 0.1) is 11.6 Å². The maximum Gasteiger partial charge on any atom is 0.179 e. The summed E-state index contributed by atoms with van der Waals surface area (Å²) < 4.78 is 17.1. The number of ether oxygens (including phenoxy) is 3. The fourth-order valence-electron chi connectivity index (χ4n) is 2.43. The van der Waals surface area contributed by atoms with Gasteiger partial charge in [0.1, 0.15) is 24.0 Å². The van der Waals surface area contributed by atoms with Crippen LogP contribution in [0.25, 0.3) is 0 Å². The smallest absolute Gasteiger partial charge is 0.179 e. The topological polar surface area (TPSA) is 53.7 Å². The predicted molar refractivity (Wildman–Crippen MR) is 105 cm³/mol. The number of hydrogen-bond acceptors (Lipinski definition) is 4. The second-order valence-corrected chi connectivity index (χ2v) is 6.45. The molecule has 0 aromatic heterocycles. The highest BCUT2D eigenvalue weighted by atomic mass is 35.5. The predicted octanol–water partition coefficient (Wildman–Crippen LogP) is 4.45. The van der Waals surface area contributed by atoms with Crippen molar-refractivity contribution in [1.29, 1.82) is 0 Å². The number of rotatable bonds is 8. The largest absolute Gasteiger partial charge is 0.490 e. The summed E-state index contributed by atoms with van der Waals surface area (Å²) in [4.78, 5) is 0.257. The SMILES string of the molecule is CCOc1cc(C(N)=S)cc(Cl)c1OCCOc1cc(C)cc(C)c1. The summed E-state index contributed by atoms with van der Waals surface area (Å²) in [5.41, 5.74) is 8.62. The van der Waals surface area contributed by atoms with Gasteiger partial charge in [0.15, 0.2) is 11.5 Å². The van der Waals surface area contributed by atoms with E-state index in [4.69, 9.17) is 43.8 Å². The van der Waals surface area contributed by atoms with E-state index in [1.165, 1.54) is 0 Å². The molecular weight excluding hydrogens is 358 g/mol. The molecule has 0 heterocycles. The Hall–Kier alpha value is -1.98. The van der Waals surface area contributed by atoms with Crippen LogP contribution < -0.4 is 19.9 Å². The van der Waals surface area contributed by atoms with Gasteiger partial charge in [-0.2, -0.15) is 0 Å². The van der Waals surface area contributed by atoms with Gasteiger partial charge in [0, 0.05) is 5.56 Å². The van der Waals surface area contributed by atoms with Gasteiger partial charge in [-0.3, -0.25) is 0 Å². The Morgan fingerprint density at radius 1 is 1.00 bits per heavy atom. The molecule has 0 fully saturated rings. The number of nitrogens with two attached hydrogens (primary N) is 1. The monoisotopic (exact) mass is 379 g/mol. The highest BCUT2D eigenvalue weighted by Gasteiger charge is 2.14. The average molecular weight is 380 g/mol. The van der Waals surface area contributed by atoms with E-state index in [1.54, 1.807) is 12.1 Å². The van der Waals surface area contributed by atoms with Gasteiger partial charge in [-0.05, 0) is 56.2 Å². The zero-order valence-corrected chi connectivity index (χ0v) is 16.2. The molecule has 0 atom stereocenters. The highest BCUT2D eigenvalue weighted by molar-refractivity contribution is 7.80. The normalized spacial score (nSPS) is 10.4. The van der Waals surface area contributed by atoms with Crippen molar-refractivity contribution >= 4 is 28.8 Å². The molecule has 0 unspecified atom stereocenters. The van der Waals surface area contributed by atoms with Crippen molar-refractivity contribution in [3.8, 4) is 17.2 Å². The Balaban J connectivity index is 2.03. The average Bonchev–Trinajstić information content (AvgIpc) is 2.52. The zero-order valence-electron chi connectivity index (χ0n) is 14.6. The summed E-state index contributed by atoms with van der Waals surface area (Å²) in [5, 5.41) is 0.403. The van der Waals surface area contributed by atoms with Crippen molar-refractivity contribution < 1.29 is 14.2 Å². The Morgan fingerprint density at radius 3 is 2.24 bits per heavy atom. The molecule has 0 aliphatic carbocycles. The van der Waals surface area contributed by atoms with Crippen LogP contribution in [0, 0.1) is 13.8 Å². The molecule has 2 aromatic carbocycles. The third kappa shape index (κ3) is 5.51. The molecule has 0 radical (unpaired) electrons. The lowest BCUT2D eigenvalue weighted by atomic mass is 10.1. The Kier molecular flexibility index (Phi) is 6.91. The van der Waals surface area contributed by atoms with Crippen LogP contribution in [-0.2, 0) is 0 Å². The van der Waals surface area contributed by atoms with Crippen LogP contribution in [0.3, 0.4) is 0 Å². The Labute approximate surface area is 158 Å². The van der Waals surface area contributed by atoms with Crippen LogP contribution in [0.4, 0.5) is 0 Å². The molecule has 25 heavy (non-hydrogen) atoms. The molecule has 0 aliphatic heterocycles. The first-order valence-corrected chi connectivity index (χ1v) is 8.79. The second-order valence-electron chi connectivity index (χ2n) is 5.60. The first-order chi connectivity index (χ1) is 11.9. The van der Waals surface area contributed by atoms with Crippen molar-refractivity contribution in [2.24, 2.45) is 5.73 Å². The lowest BCUT2D eigenvalue weighted by molar-refractivity contribution is 0.208. The molecule has 6 heteroatoms. The molecular formula is C19H22ClNO3S. The summed E-state index contributed by atoms with van der Waals surface area (Å²) >= 11 is 11.3. The maximum atomic E-state index is 6.29. The van der Waals surface area contributed by atoms with Crippen LogP contribution >= 0.6 is 23.8 Å². The van der Waals surface area contributed by atoms with Crippen LogP contribution in [-0.4, -0.2) is 24.8 Å². The minimum atomic E-state index is 0.257. The lowest BCUT2D eigenvalue weighted by Gasteiger charge is -2.15. The molecule has 0 spiro atoms. The number of benzene rings is 2. The van der Waals surface area contributed by atoms with Gasteiger partial charge in [0.2, 0.25) is 0 Å². The van der Waals surface area contributed by atoms with Gasteiger partial charge < -0.3 is 19.9 Å².